The standard InChI is InChI=1S/C24H32N6O7.CH4O/c1-14(20(33)34)12-26-18(31)13-29-19(32)16(28-22(29)35)9-7-11-25-21-27-15-8-5-6-10-17(15)30(21)23(36)37-24(2,3)4;1-2/h5-6,8,10,14,16H,7,9,11-13H2,1-4H3,(H,25,27)(H,26,31)(H,28,35)(H,33,34);2H,1H3/t14-,16-;/m0./s1. The molecule has 39 heavy (non-hydrogen) atoms. The Balaban J connectivity index is 0.00000260. The molecule has 2 heterocycles. The van der Waals surface area contributed by atoms with Gasteiger partial charge in [0.15, 0.2) is 0 Å². The number of ether oxygens (including phenoxy) is 1. The summed E-state index contributed by atoms with van der Waals surface area (Å²) in [5.41, 5.74) is 0.503. The maximum Gasteiger partial charge on any atom is 0.421 e. The summed E-state index contributed by atoms with van der Waals surface area (Å²) in [6.45, 7) is 6.49. The molecule has 14 nitrogen and oxygen atoms in total. The van der Waals surface area contributed by atoms with Gasteiger partial charge in [0.2, 0.25) is 11.9 Å². The van der Waals surface area contributed by atoms with Crippen LogP contribution < -0.4 is 16.0 Å². The third-order valence-electron chi connectivity index (χ3n) is 5.53. The van der Waals surface area contributed by atoms with E-state index in [1.54, 1.807) is 39.0 Å². The maximum absolute atomic E-state index is 12.8. The maximum atomic E-state index is 12.8. The number of nitrogens with one attached hydrogen (secondary N) is 3. The van der Waals surface area contributed by atoms with Crippen molar-refractivity contribution < 1.29 is 38.9 Å². The number of carbonyl (C=O) groups excluding carboxylic acids is 4. The first kappa shape index (κ1) is 31.0. The highest BCUT2D eigenvalue weighted by Gasteiger charge is 2.38. The van der Waals surface area contributed by atoms with Gasteiger partial charge in [0.05, 0.1) is 17.0 Å². The normalized spacial score (nSPS) is 15.7. The highest BCUT2D eigenvalue weighted by Crippen LogP contribution is 2.22. The van der Waals surface area contributed by atoms with Crippen LogP contribution in [0.4, 0.5) is 15.5 Å². The molecule has 1 aromatic heterocycles. The summed E-state index contributed by atoms with van der Waals surface area (Å²) in [5, 5.41) is 23.9. The van der Waals surface area contributed by atoms with E-state index < -0.39 is 54.0 Å². The Morgan fingerprint density at radius 3 is 2.49 bits per heavy atom. The largest absolute Gasteiger partial charge is 0.481 e. The summed E-state index contributed by atoms with van der Waals surface area (Å²) in [6, 6.07) is 5.66. The van der Waals surface area contributed by atoms with Crippen LogP contribution in [0, 0.1) is 5.92 Å². The Kier molecular flexibility index (Phi) is 10.8. The molecule has 1 aliphatic rings. The number of anilines is 1. The van der Waals surface area contributed by atoms with E-state index in [9.17, 15) is 24.0 Å². The van der Waals surface area contributed by atoms with Crippen molar-refractivity contribution in [2.24, 2.45) is 5.92 Å². The molecule has 4 amide bonds. The molecule has 0 aliphatic carbocycles. The van der Waals surface area contributed by atoms with Gasteiger partial charge in [0, 0.05) is 20.2 Å². The van der Waals surface area contributed by atoms with Crippen LogP contribution >= 0.6 is 0 Å². The van der Waals surface area contributed by atoms with Crippen molar-refractivity contribution in [3.63, 3.8) is 0 Å². The van der Waals surface area contributed by atoms with Crippen LogP contribution in [0.25, 0.3) is 11.0 Å². The summed E-state index contributed by atoms with van der Waals surface area (Å²) < 4.78 is 6.87. The molecule has 0 unspecified atom stereocenters. The van der Waals surface area contributed by atoms with Crippen molar-refractivity contribution in [3.8, 4) is 0 Å². The lowest BCUT2D eigenvalue weighted by Crippen LogP contribution is -2.42. The average Bonchev–Trinajstić information content (AvgIpc) is 3.37. The van der Waals surface area contributed by atoms with Gasteiger partial charge in [-0.1, -0.05) is 19.1 Å². The van der Waals surface area contributed by atoms with E-state index in [-0.39, 0.29) is 6.54 Å². The van der Waals surface area contributed by atoms with Gasteiger partial charge in [0.1, 0.15) is 18.2 Å². The molecule has 0 radical (unpaired) electrons. The number of aliphatic hydroxyl groups is 1. The zero-order valence-electron chi connectivity index (χ0n) is 22.7. The quantitative estimate of drug-likeness (QED) is 0.214. The van der Waals surface area contributed by atoms with Crippen molar-refractivity contribution in [2.75, 3.05) is 32.1 Å². The molecule has 1 saturated heterocycles. The van der Waals surface area contributed by atoms with Crippen LogP contribution in [-0.2, 0) is 19.1 Å². The minimum absolute atomic E-state index is 0.110. The number of nitrogens with zero attached hydrogens (tertiary/aromatic N) is 3. The number of amides is 4. The summed E-state index contributed by atoms with van der Waals surface area (Å²) in [6.07, 6.45) is 0.163. The Morgan fingerprint density at radius 2 is 1.85 bits per heavy atom. The second kappa shape index (κ2) is 13.6. The number of carbonyl (C=O) groups is 5. The number of hydrogen-bond acceptors (Lipinski definition) is 9. The molecule has 1 fully saturated rings. The lowest BCUT2D eigenvalue weighted by atomic mass is 10.1. The lowest BCUT2D eigenvalue weighted by molar-refractivity contribution is -0.141. The Hall–Kier alpha value is -4.20. The van der Waals surface area contributed by atoms with Gasteiger partial charge in [-0.15, -0.1) is 0 Å². The zero-order chi connectivity index (χ0) is 29.3. The topological polar surface area (TPSA) is 192 Å². The van der Waals surface area contributed by atoms with Gasteiger partial charge in [-0.2, -0.15) is 0 Å². The Labute approximate surface area is 225 Å². The second-order valence-corrected chi connectivity index (χ2v) is 9.78. The molecule has 1 aromatic carbocycles. The molecular weight excluding hydrogens is 512 g/mol. The first-order valence-electron chi connectivity index (χ1n) is 12.4. The van der Waals surface area contributed by atoms with Crippen molar-refractivity contribution >= 4 is 46.9 Å². The number of aliphatic hydroxyl groups excluding tert-OH is 1. The van der Waals surface area contributed by atoms with E-state index in [2.05, 4.69) is 20.9 Å². The van der Waals surface area contributed by atoms with Gasteiger partial charge in [0.25, 0.3) is 5.91 Å². The minimum atomic E-state index is -1.06. The van der Waals surface area contributed by atoms with Gasteiger partial charge in [-0.05, 0) is 45.7 Å². The number of benzene rings is 1. The number of carboxylic acids is 1. The van der Waals surface area contributed by atoms with Crippen LogP contribution in [-0.4, -0.2) is 93.0 Å². The number of imide groups is 1. The fourth-order valence-electron chi connectivity index (χ4n) is 3.62. The molecule has 214 valence electrons. The number of carboxylic acid groups (broad SMARTS) is 1. The molecule has 2 atom stereocenters. The van der Waals surface area contributed by atoms with E-state index in [0.717, 1.165) is 12.0 Å². The van der Waals surface area contributed by atoms with Gasteiger partial charge in [-0.25, -0.2) is 19.1 Å². The van der Waals surface area contributed by atoms with Crippen LogP contribution in [0.3, 0.4) is 0 Å². The zero-order valence-corrected chi connectivity index (χ0v) is 22.7. The van der Waals surface area contributed by atoms with Crippen molar-refractivity contribution in [2.45, 2.75) is 52.2 Å². The summed E-state index contributed by atoms with van der Waals surface area (Å²) in [5.74, 6) is -2.72. The molecule has 2 aromatic rings. The Morgan fingerprint density at radius 1 is 1.18 bits per heavy atom. The number of aliphatic carboxylic acids is 1. The predicted octanol–water partition coefficient (Wildman–Crippen LogP) is 1.38. The number of fused-ring (bicyclic) bond motifs is 1. The number of imidazole rings is 1. The van der Waals surface area contributed by atoms with Crippen LogP contribution in [0.1, 0.15) is 40.5 Å². The number of hydrogen-bond donors (Lipinski definition) is 5. The van der Waals surface area contributed by atoms with E-state index in [1.165, 1.54) is 11.5 Å². The van der Waals surface area contributed by atoms with Gasteiger partial charge >= 0.3 is 18.1 Å². The highest BCUT2D eigenvalue weighted by molar-refractivity contribution is 6.06. The van der Waals surface area contributed by atoms with Crippen molar-refractivity contribution in [1.82, 2.24) is 25.1 Å². The molecule has 14 heteroatoms. The lowest BCUT2D eigenvalue weighted by Gasteiger charge is -2.20. The number of para-hydroxylation sites is 2. The summed E-state index contributed by atoms with van der Waals surface area (Å²) in [7, 11) is 1.00. The van der Waals surface area contributed by atoms with E-state index in [4.69, 9.17) is 14.9 Å². The minimum Gasteiger partial charge on any atom is -0.481 e. The van der Waals surface area contributed by atoms with Gasteiger partial charge in [-0.3, -0.25) is 19.3 Å². The van der Waals surface area contributed by atoms with E-state index in [0.29, 0.717) is 36.4 Å². The van der Waals surface area contributed by atoms with Crippen LogP contribution in [0.15, 0.2) is 24.3 Å². The van der Waals surface area contributed by atoms with Crippen molar-refractivity contribution in [1.29, 1.82) is 0 Å². The fraction of sp³-hybridized carbons (Fsp3) is 0.520. The fourth-order valence-corrected chi connectivity index (χ4v) is 3.62. The number of rotatable bonds is 10. The monoisotopic (exact) mass is 548 g/mol. The molecule has 1 aliphatic heterocycles. The van der Waals surface area contributed by atoms with Gasteiger partial charge < -0.3 is 30.9 Å². The Bertz CT molecular complexity index is 1200. The third-order valence-corrected chi connectivity index (χ3v) is 5.53. The number of urea groups is 1. The first-order chi connectivity index (χ1) is 18.4. The van der Waals surface area contributed by atoms with Crippen molar-refractivity contribution in [3.05, 3.63) is 24.3 Å². The van der Waals surface area contributed by atoms with Crippen LogP contribution in [0.2, 0.25) is 0 Å². The SMILES string of the molecule is CO.C[C@@H](CNC(=O)CN1C(=O)N[C@@H](CCCNc2nc3ccccc3n2C(=O)OC(C)(C)C)C1=O)C(=O)O. The van der Waals surface area contributed by atoms with Crippen LogP contribution in [0.5, 0.6) is 0 Å². The molecule has 0 saturated carbocycles. The smallest absolute Gasteiger partial charge is 0.421 e. The first-order valence-corrected chi connectivity index (χ1v) is 12.4. The summed E-state index contributed by atoms with van der Waals surface area (Å²) >= 11 is 0. The molecular formula is C25H36N6O8. The molecule has 0 spiro atoms. The van der Waals surface area contributed by atoms with E-state index in [1.807, 2.05) is 6.07 Å². The number of aromatic nitrogens is 2. The molecule has 0 bridgehead atoms. The molecule has 3 rings (SSSR count). The van der Waals surface area contributed by atoms with E-state index >= 15 is 0 Å². The second-order valence-electron chi connectivity index (χ2n) is 9.78. The molecule has 5 N–H and O–H groups in total. The predicted molar refractivity (Wildman–Crippen MR) is 141 cm³/mol. The summed E-state index contributed by atoms with van der Waals surface area (Å²) in [4.78, 5) is 65.8. The third kappa shape index (κ3) is 8.40. The average molecular weight is 549 g/mol. The highest BCUT2D eigenvalue weighted by atomic mass is 16.6.